The lowest BCUT2D eigenvalue weighted by Crippen LogP contribution is -2.12. The number of carbonyl (C=O) groups is 1. The first-order valence-electron chi connectivity index (χ1n) is 5.94. The zero-order chi connectivity index (χ0) is 15.2. The SMILES string of the molecule is O=C1Nc2cc(C(F)(F)F)ccc2Nc2cc(Cl)ccc21. The smallest absolute Gasteiger partial charge is 0.353 e. The Hall–Kier alpha value is -2.21. The van der Waals surface area contributed by atoms with Crippen LogP contribution >= 0.6 is 11.6 Å². The normalized spacial score (nSPS) is 13.6. The minimum absolute atomic E-state index is 0.0714. The van der Waals surface area contributed by atoms with Gasteiger partial charge < -0.3 is 10.6 Å². The summed E-state index contributed by atoms with van der Waals surface area (Å²) in [4.78, 5) is 12.1. The molecule has 108 valence electrons. The van der Waals surface area contributed by atoms with Crippen molar-refractivity contribution in [2.24, 2.45) is 0 Å². The maximum atomic E-state index is 12.7. The van der Waals surface area contributed by atoms with Crippen molar-refractivity contribution in [1.82, 2.24) is 0 Å². The summed E-state index contributed by atoms with van der Waals surface area (Å²) in [5, 5.41) is 5.80. The number of hydrogen-bond donors (Lipinski definition) is 2. The number of alkyl halides is 3. The molecule has 2 N–H and O–H groups in total. The average Bonchev–Trinajstić information content (AvgIpc) is 2.52. The predicted octanol–water partition coefficient (Wildman–Crippen LogP) is 4.67. The molecule has 0 radical (unpaired) electrons. The fourth-order valence-corrected chi connectivity index (χ4v) is 2.26. The molecule has 0 bridgehead atoms. The van der Waals surface area contributed by atoms with Crippen LogP contribution in [0.25, 0.3) is 0 Å². The first kappa shape index (κ1) is 13.8. The highest BCUT2D eigenvalue weighted by Crippen LogP contribution is 2.37. The highest BCUT2D eigenvalue weighted by atomic mass is 35.5. The first-order chi connectivity index (χ1) is 9.84. The van der Waals surface area contributed by atoms with Crippen LogP contribution < -0.4 is 10.6 Å². The molecule has 0 unspecified atom stereocenters. The van der Waals surface area contributed by atoms with E-state index in [9.17, 15) is 18.0 Å². The number of benzene rings is 2. The molecule has 21 heavy (non-hydrogen) atoms. The number of amides is 1. The van der Waals surface area contributed by atoms with Gasteiger partial charge in [-0.05, 0) is 36.4 Å². The van der Waals surface area contributed by atoms with Gasteiger partial charge in [0.25, 0.3) is 5.91 Å². The summed E-state index contributed by atoms with van der Waals surface area (Å²) >= 11 is 5.87. The molecule has 0 aliphatic carbocycles. The third kappa shape index (κ3) is 2.54. The van der Waals surface area contributed by atoms with Crippen LogP contribution in [0.4, 0.5) is 30.2 Å². The van der Waals surface area contributed by atoms with Gasteiger partial charge in [0, 0.05) is 5.02 Å². The van der Waals surface area contributed by atoms with E-state index in [2.05, 4.69) is 10.6 Å². The molecule has 2 aromatic rings. The minimum atomic E-state index is -4.47. The number of rotatable bonds is 0. The first-order valence-corrected chi connectivity index (χ1v) is 6.31. The van der Waals surface area contributed by atoms with E-state index >= 15 is 0 Å². The molecule has 1 heterocycles. The molecular formula is C14H8ClF3N2O. The topological polar surface area (TPSA) is 41.1 Å². The maximum Gasteiger partial charge on any atom is 0.416 e. The Labute approximate surface area is 122 Å². The lowest BCUT2D eigenvalue weighted by Gasteiger charge is -2.12. The highest BCUT2D eigenvalue weighted by molar-refractivity contribution is 6.31. The molecule has 0 aromatic heterocycles. The second-order valence-corrected chi connectivity index (χ2v) is 4.96. The van der Waals surface area contributed by atoms with Crippen LogP contribution in [0.2, 0.25) is 5.02 Å². The molecule has 1 amide bonds. The average molecular weight is 313 g/mol. The summed E-state index contributed by atoms with van der Waals surface area (Å²) in [6, 6.07) is 7.72. The zero-order valence-electron chi connectivity index (χ0n) is 10.4. The van der Waals surface area contributed by atoms with Gasteiger partial charge in [-0.2, -0.15) is 13.2 Å². The summed E-state index contributed by atoms with van der Waals surface area (Å²) in [5.74, 6) is -0.493. The third-order valence-corrected chi connectivity index (χ3v) is 3.33. The summed E-state index contributed by atoms with van der Waals surface area (Å²) in [6.07, 6.45) is -4.47. The molecule has 7 heteroatoms. The standard InChI is InChI=1S/C14H8ClF3N2O/c15-8-2-3-9-11(6-8)19-10-4-1-7(14(16,17)18)5-12(10)20-13(9)21/h1-6,19H,(H,20,21). The fraction of sp³-hybridized carbons (Fsp3) is 0.0714. The van der Waals surface area contributed by atoms with E-state index in [0.717, 1.165) is 12.1 Å². The van der Waals surface area contributed by atoms with Crippen LogP contribution in [0.3, 0.4) is 0 Å². The molecule has 2 aromatic carbocycles. The monoisotopic (exact) mass is 312 g/mol. The van der Waals surface area contributed by atoms with Gasteiger partial charge in [-0.25, -0.2) is 0 Å². The van der Waals surface area contributed by atoms with Gasteiger partial charge >= 0.3 is 6.18 Å². The van der Waals surface area contributed by atoms with Gasteiger partial charge in [0.05, 0.1) is 28.2 Å². The van der Waals surface area contributed by atoms with Crippen LogP contribution in [0.1, 0.15) is 15.9 Å². The third-order valence-electron chi connectivity index (χ3n) is 3.09. The molecular weight excluding hydrogens is 305 g/mol. The summed E-state index contributed by atoms with van der Waals surface area (Å²) in [5.41, 5.74) is 0.370. The predicted molar refractivity (Wildman–Crippen MR) is 74.1 cm³/mol. The van der Waals surface area contributed by atoms with Crippen molar-refractivity contribution in [3.63, 3.8) is 0 Å². The van der Waals surface area contributed by atoms with Gasteiger partial charge in [0.1, 0.15) is 0 Å². The van der Waals surface area contributed by atoms with Gasteiger partial charge in [0.15, 0.2) is 0 Å². The fourth-order valence-electron chi connectivity index (χ4n) is 2.09. The Morgan fingerprint density at radius 2 is 1.67 bits per heavy atom. The van der Waals surface area contributed by atoms with E-state index in [-0.39, 0.29) is 5.69 Å². The Kier molecular flexibility index (Phi) is 3.06. The van der Waals surface area contributed by atoms with Crippen molar-refractivity contribution >= 4 is 34.6 Å². The number of halogens is 4. The molecule has 3 nitrogen and oxygen atoms in total. The van der Waals surface area contributed by atoms with Crippen LogP contribution in [0.15, 0.2) is 36.4 Å². The second kappa shape index (κ2) is 4.66. The van der Waals surface area contributed by atoms with Gasteiger partial charge in [-0.1, -0.05) is 11.6 Å². The lowest BCUT2D eigenvalue weighted by atomic mass is 10.1. The quantitative estimate of drug-likeness (QED) is 0.742. The lowest BCUT2D eigenvalue weighted by molar-refractivity contribution is -0.137. The van der Waals surface area contributed by atoms with Crippen LogP contribution in [-0.2, 0) is 6.18 Å². The van der Waals surface area contributed by atoms with Crippen LogP contribution in [0.5, 0.6) is 0 Å². The molecule has 0 saturated carbocycles. The number of nitrogens with one attached hydrogen (secondary N) is 2. The Bertz CT molecular complexity index is 743. The van der Waals surface area contributed by atoms with Crippen molar-refractivity contribution in [2.45, 2.75) is 6.18 Å². The van der Waals surface area contributed by atoms with Gasteiger partial charge in [-0.3, -0.25) is 4.79 Å². The minimum Gasteiger partial charge on any atom is -0.353 e. The molecule has 3 rings (SSSR count). The summed E-state index contributed by atoms with van der Waals surface area (Å²) in [7, 11) is 0. The van der Waals surface area contributed by atoms with Crippen molar-refractivity contribution in [3.05, 3.63) is 52.5 Å². The molecule has 0 atom stereocenters. The van der Waals surface area contributed by atoms with E-state index in [1.807, 2.05) is 0 Å². The molecule has 1 aliphatic heterocycles. The summed E-state index contributed by atoms with van der Waals surface area (Å²) < 4.78 is 38.2. The van der Waals surface area contributed by atoms with E-state index in [1.54, 1.807) is 12.1 Å². The Morgan fingerprint density at radius 1 is 0.905 bits per heavy atom. The number of hydrogen-bond acceptors (Lipinski definition) is 2. The zero-order valence-corrected chi connectivity index (χ0v) is 11.1. The van der Waals surface area contributed by atoms with Gasteiger partial charge in [0.2, 0.25) is 0 Å². The maximum absolute atomic E-state index is 12.7. The van der Waals surface area contributed by atoms with Crippen molar-refractivity contribution in [2.75, 3.05) is 10.6 Å². The second-order valence-electron chi connectivity index (χ2n) is 4.53. The Morgan fingerprint density at radius 3 is 2.38 bits per heavy atom. The summed E-state index contributed by atoms with van der Waals surface area (Å²) in [6.45, 7) is 0. The van der Waals surface area contributed by atoms with E-state index < -0.39 is 17.6 Å². The number of carbonyl (C=O) groups excluding carboxylic acids is 1. The molecule has 1 aliphatic rings. The van der Waals surface area contributed by atoms with Crippen LogP contribution in [-0.4, -0.2) is 5.91 Å². The van der Waals surface area contributed by atoms with Crippen molar-refractivity contribution < 1.29 is 18.0 Å². The number of fused-ring (bicyclic) bond motifs is 2. The molecule has 0 spiro atoms. The largest absolute Gasteiger partial charge is 0.416 e. The Balaban J connectivity index is 2.10. The van der Waals surface area contributed by atoms with Crippen LogP contribution in [0, 0.1) is 0 Å². The van der Waals surface area contributed by atoms with Gasteiger partial charge in [-0.15, -0.1) is 0 Å². The molecule has 0 fully saturated rings. The molecule has 0 saturated heterocycles. The number of anilines is 3. The highest BCUT2D eigenvalue weighted by Gasteiger charge is 2.32. The van der Waals surface area contributed by atoms with E-state index in [1.165, 1.54) is 12.1 Å². The van der Waals surface area contributed by atoms with Crippen molar-refractivity contribution in [3.8, 4) is 0 Å². The van der Waals surface area contributed by atoms with E-state index in [4.69, 9.17) is 11.6 Å². The van der Waals surface area contributed by atoms with Crippen molar-refractivity contribution in [1.29, 1.82) is 0 Å². The van der Waals surface area contributed by atoms with E-state index in [0.29, 0.717) is 22.0 Å².